The molecule has 1 aromatic heterocycles. The van der Waals surface area contributed by atoms with E-state index in [4.69, 9.17) is 4.74 Å². The molecule has 0 spiro atoms. The quantitative estimate of drug-likeness (QED) is 0.905. The third kappa shape index (κ3) is 2.94. The van der Waals surface area contributed by atoms with E-state index in [9.17, 15) is 9.59 Å². The van der Waals surface area contributed by atoms with Crippen LogP contribution in [0.3, 0.4) is 0 Å². The molecule has 2 N–H and O–H groups in total. The molecule has 2 fully saturated rings. The number of H-pyrrole nitrogens is 2. The van der Waals surface area contributed by atoms with Crippen LogP contribution in [0.15, 0.2) is 41.3 Å². The predicted molar refractivity (Wildman–Crippen MR) is 84.1 cm³/mol. The fourth-order valence-electron chi connectivity index (χ4n) is 3.15. The lowest BCUT2D eigenvalue weighted by atomic mass is 10.0. The van der Waals surface area contributed by atoms with Gasteiger partial charge < -0.3 is 19.6 Å². The zero-order valence-electron chi connectivity index (χ0n) is 12.7. The summed E-state index contributed by atoms with van der Waals surface area (Å²) >= 11 is 0. The maximum atomic E-state index is 12.7. The molecule has 0 radical (unpaired) electrons. The summed E-state index contributed by atoms with van der Waals surface area (Å²) in [6, 6.07) is 9.99. The minimum Gasteiger partial charge on any atom is -0.366 e. The Kier molecular flexibility index (Phi) is 3.53. The first-order valence-electron chi connectivity index (χ1n) is 7.98. The zero-order valence-corrected chi connectivity index (χ0v) is 12.7. The van der Waals surface area contributed by atoms with Gasteiger partial charge in [0.05, 0.1) is 12.6 Å². The van der Waals surface area contributed by atoms with Gasteiger partial charge in [0.25, 0.3) is 5.91 Å². The lowest BCUT2D eigenvalue weighted by Gasteiger charge is -2.38. The smallest absolute Gasteiger partial charge is 0.323 e. The summed E-state index contributed by atoms with van der Waals surface area (Å²) in [5, 5.41) is 0. The van der Waals surface area contributed by atoms with E-state index < -0.39 is 0 Å². The zero-order chi connectivity index (χ0) is 15.8. The number of nitrogens with one attached hydrogen (secondary N) is 2. The second-order valence-corrected chi connectivity index (χ2v) is 6.28. The molecule has 4 rings (SSSR count). The lowest BCUT2D eigenvalue weighted by Crippen LogP contribution is -2.47. The largest absolute Gasteiger partial charge is 0.366 e. The fourth-order valence-corrected chi connectivity index (χ4v) is 3.15. The molecule has 1 aliphatic heterocycles. The van der Waals surface area contributed by atoms with Gasteiger partial charge in [0.1, 0.15) is 11.8 Å². The molecule has 2 aliphatic rings. The molecule has 6 nitrogen and oxygen atoms in total. The van der Waals surface area contributed by atoms with Crippen LogP contribution in [0, 0.1) is 5.92 Å². The van der Waals surface area contributed by atoms with Gasteiger partial charge in [-0.2, -0.15) is 0 Å². The van der Waals surface area contributed by atoms with Crippen LogP contribution >= 0.6 is 0 Å². The number of benzene rings is 1. The SMILES string of the molecule is O=C(c1c[nH]c(=O)[nH]1)N1C[C@@H](c2ccccc2)O[C@@H](C2CC2)C1. The first-order valence-corrected chi connectivity index (χ1v) is 7.98. The summed E-state index contributed by atoms with van der Waals surface area (Å²) in [5.74, 6) is 0.389. The number of ether oxygens (including phenoxy) is 1. The van der Waals surface area contributed by atoms with E-state index in [0.29, 0.717) is 24.7 Å². The van der Waals surface area contributed by atoms with Crippen molar-refractivity contribution in [2.24, 2.45) is 5.92 Å². The Balaban J connectivity index is 1.58. The molecule has 1 aromatic carbocycles. The molecule has 0 unspecified atom stereocenters. The molecule has 2 atom stereocenters. The molecule has 2 heterocycles. The van der Waals surface area contributed by atoms with E-state index in [2.05, 4.69) is 9.97 Å². The molecule has 1 saturated heterocycles. The monoisotopic (exact) mass is 313 g/mol. The van der Waals surface area contributed by atoms with Crippen LogP contribution in [-0.4, -0.2) is 40.0 Å². The highest BCUT2D eigenvalue weighted by atomic mass is 16.5. The molecule has 1 saturated carbocycles. The van der Waals surface area contributed by atoms with Gasteiger partial charge in [0.2, 0.25) is 0 Å². The average Bonchev–Trinajstić information content (AvgIpc) is 3.36. The molecule has 0 bridgehead atoms. The molecule has 1 aliphatic carbocycles. The number of aromatic nitrogens is 2. The number of amides is 1. The maximum Gasteiger partial charge on any atom is 0.323 e. The summed E-state index contributed by atoms with van der Waals surface area (Å²) in [7, 11) is 0. The minimum atomic E-state index is -0.361. The number of imidazole rings is 1. The molecule has 23 heavy (non-hydrogen) atoms. The van der Waals surface area contributed by atoms with Crippen LogP contribution in [-0.2, 0) is 4.74 Å². The first-order chi connectivity index (χ1) is 11.2. The van der Waals surface area contributed by atoms with Crippen molar-refractivity contribution in [2.75, 3.05) is 13.1 Å². The third-order valence-corrected chi connectivity index (χ3v) is 4.56. The van der Waals surface area contributed by atoms with Crippen LogP contribution in [0.2, 0.25) is 0 Å². The van der Waals surface area contributed by atoms with Gasteiger partial charge in [0, 0.05) is 12.7 Å². The standard InChI is InChI=1S/C17H19N3O3/c21-16(13-8-18-17(22)19-13)20-9-14(11-4-2-1-3-5-11)23-15(10-20)12-6-7-12/h1-5,8,12,14-15H,6-7,9-10H2,(H2,18,19,22)/t14-,15+/m0/s1. The summed E-state index contributed by atoms with van der Waals surface area (Å²) in [6.45, 7) is 1.08. The van der Waals surface area contributed by atoms with Gasteiger partial charge in [-0.25, -0.2) is 4.79 Å². The number of aromatic amines is 2. The van der Waals surface area contributed by atoms with Crippen molar-refractivity contribution < 1.29 is 9.53 Å². The Hall–Kier alpha value is -2.34. The highest BCUT2D eigenvalue weighted by molar-refractivity contribution is 5.92. The van der Waals surface area contributed by atoms with Crippen LogP contribution < -0.4 is 5.69 Å². The Bertz CT molecular complexity index is 748. The van der Waals surface area contributed by atoms with Gasteiger partial charge in [-0.3, -0.25) is 4.79 Å². The molecule has 120 valence electrons. The number of hydrogen-bond donors (Lipinski definition) is 2. The number of carbonyl (C=O) groups excluding carboxylic acids is 1. The van der Waals surface area contributed by atoms with Crippen LogP contribution in [0.1, 0.15) is 35.0 Å². The van der Waals surface area contributed by atoms with E-state index in [1.807, 2.05) is 30.3 Å². The van der Waals surface area contributed by atoms with E-state index in [0.717, 1.165) is 18.4 Å². The van der Waals surface area contributed by atoms with Crippen molar-refractivity contribution in [2.45, 2.75) is 25.0 Å². The Morgan fingerprint density at radius 2 is 1.96 bits per heavy atom. The van der Waals surface area contributed by atoms with Gasteiger partial charge in [-0.15, -0.1) is 0 Å². The fraction of sp³-hybridized carbons (Fsp3) is 0.412. The van der Waals surface area contributed by atoms with Gasteiger partial charge in [-0.05, 0) is 24.3 Å². The van der Waals surface area contributed by atoms with E-state index in [1.54, 1.807) is 4.90 Å². The maximum absolute atomic E-state index is 12.7. The van der Waals surface area contributed by atoms with E-state index in [-0.39, 0.29) is 23.8 Å². The predicted octanol–water partition coefficient (Wildman–Crippen LogP) is 1.70. The van der Waals surface area contributed by atoms with Crippen LogP contribution in [0.25, 0.3) is 0 Å². The number of hydrogen-bond acceptors (Lipinski definition) is 3. The van der Waals surface area contributed by atoms with E-state index >= 15 is 0 Å². The summed E-state index contributed by atoms with van der Waals surface area (Å²) in [6.07, 6.45) is 3.71. The van der Waals surface area contributed by atoms with Crippen molar-refractivity contribution in [3.05, 3.63) is 58.3 Å². The highest BCUT2D eigenvalue weighted by Gasteiger charge is 2.40. The number of nitrogens with zero attached hydrogens (tertiary/aromatic N) is 1. The van der Waals surface area contributed by atoms with Gasteiger partial charge in [-0.1, -0.05) is 30.3 Å². The molecule has 2 aromatic rings. The average molecular weight is 313 g/mol. The number of carbonyl (C=O) groups is 1. The van der Waals surface area contributed by atoms with E-state index in [1.165, 1.54) is 6.20 Å². The van der Waals surface area contributed by atoms with Crippen molar-refractivity contribution in [3.8, 4) is 0 Å². The summed E-state index contributed by atoms with van der Waals surface area (Å²) in [5.41, 5.74) is 1.02. The summed E-state index contributed by atoms with van der Waals surface area (Å²) in [4.78, 5) is 30.7. The van der Waals surface area contributed by atoms with Crippen molar-refractivity contribution in [3.63, 3.8) is 0 Å². The normalized spacial score (nSPS) is 24.6. The van der Waals surface area contributed by atoms with Crippen molar-refractivity contribution in [1.82, 2.24) is 14.9 Å². The first kappa shape index (κ1) is 14.3. The number of morpholine rings is 1. The third-order valence-electron chi connectivity index (χ3n) is 4.56. The second kappa shape index (κ2) is 5.70. The van der Waals surface area contributed by atoms with Crippen LogP contribution in [0.4, 0.5) is 0 Å². The van der Waals surface area contributed by atoms with Gasteiger partial charge in [0.15, 0.2) is 0 Å². The Morgan fingerprint density at radius 1 is 1.17 bits per heavy atom. The Labute approximate surface area is 133 Å². The van der Waals surface area contributed by atoms with Crippen LogP contribution in [0.5, 0.6) is 0 Å². The van der Waals surface area contributed by atoms with Gasteiger partial charge >= 0.3 is 5.69 Å². The topological polar surface area (TPSA) is 78.2 Å². The molecule has 6 heteroatoms. The lowest BCUT2D eigenvalue weighted by molar-refractivity contribution is -0.0864. The number of rotatable bonds is 3. The highest BCUT2D eigenvalue weighted by Crippen LogP contribution is 2.39. The van der Waals surface area contributed by atoms with Crippen molar-refractivity contribution >= 4 is 5.91 Å². The second-order valence-electron chi connectivity index (χ2n) is 6.28. The molecular formula is C17H19N3O3. The van der Waals surface area contributed by atoms with Crippen molar-refractivity contribution in [1.29, 1.82) is 0 Å². The summed E-state index contributed by atoms with van der Waals surface area (Å²) < 4.78 is 6.24. The Morgan fingerprint density at radius 3 is 2.61 bits per heavy atom. The molecule has 1 amide bonds. The minimum absolute atomic E-state index is 0.0727. The molecular weight excluding hydrogens is 294 g/mol.